The summed E-state index contributed by atoms with van der Waals surface area (Å²) >= 11 is 0. The highest BCUT2D eigenvalue weighted by molar-refractivity contribution is 5.86. The van der Waals surface area contributed by atoms with Crippen molar-refractivity contribution >= 4 is 12.3 Å². The molecule has 2 aliphatic rings. The Morgan fingerprint density at radius 3 is 2.54 bits per heavy atom. The summed E-state index contributed by atoms with van der Waals surface area (Å²) in [5.74, 6) is -0.329. The molecule has 1 N–H and O–H groups in total. The molecule has 2 bridgehead atoms. The van der Waals surface area contributed by atoms with Gasteiger partial charge >= 0.3 is 5.97 Å². The first kappa shape index (κ1) is 8.73. The van der Waals surface area contributed by atoms with E-state index in [0.717, 1.165) is 19.3 Å². The van der Waals surface area contributed by atoms with Crippen LogP contribution < -0.4 is 0 Å². The Kier molecular flexibility index (Phi) is 2.10. The lowest BCUT2D eigenvalue weighted by molar-refractivity contribution is -0.146. The van der Waals surface area contributed by atoms with Crippen molar-refractivity contribution in [2.24, 2.45) is 23.7 Å². The molecule has 2 rings (SSSR count). The van der Waals surface area contributed by atoms with Crippen LogP contribution in [0.5, 0.6) is 0 Å². The molecule has 72 valence electrons. The van der Waals surface area contributed by atoms with E-state index in [9.17, 15) is 9.59 Å². The summed E-state index contributed by atoms with van der Waals surface area (Å²) in [5, 5.41) is 8.83. The molecule has 4 unspecified atom stereocenters. The first-order chi connectivity index (χ1) is 6.22. The molecule has 0 radical (unpaired) electrons. The second-order valence-corrected chi connectivity index (χ2v) is 4.34. The Bertz CT molecular complexity index is 236. The van der Waals surface area contributed by atoms with Crippen molar-refractivity contribution in [1.82, 2.24) is 0 Å². The average molecular weight is 182 g/mol. The number of carbonyl (C=O) groups is 2. The summed E-state index contributed by atoms with van der Waals surface area (Å²) in [5.41, 5.74) is 0. The van der Waals surface area contributed by atoms with Gasteiger partial charge in [-0.25, -0.2) is 0 Å². The van der Waals surface area contributed by atoms with E-state index in [1.54, 1.807) is 0 Å². The molecule has 0 aliphatic heterocycles. The fourth-order valence-corrected chi connectivity index (χ4v) is 3.08. The number of fused-ring (bicyclic) bond motifs is 2. The summed E-state index contributed by atoms with van der Waals surface area (Å²) in [7, 11) is 0. The quantitative estimate of drug-likeness (QED) is 0.529. The van der Waals surface area contributed by atoms with Crippen LogP contribution in [0.1, 0.15) is 25.7 Å². The zero-order valence-electron chi connectivity index (χ0n) is 7.48. The minimum absolute atomic E-state index is 0.133. The van der Waals surface area contributed by atoms with Crippen LogP contribution in [0, 0.1) is 23.7 Å². The minimum atomic E-state index is -0.937. The summed E-state index contributed by atoms with van der Waals surface area (Å²) in [6, 6.07) is 0. The van der Waals surface area contributed by atoms with E-state index in [4.69, 9.17) is 5.11 Å². The Labute approximate surface area is 77.1 Å². The molecule has 0 amide bonds. The number of carboxylic acid groups (broad SMARTS) is 1. The molecule has 3 heteroatoms. The van der Waals surface area contributed by atoms with Crippen LogP contribution in [0.2, 0.25) is 0 Å². The zero-order valence-corrected chi connectivity index (χ0v) is 7.48. The minimum Gasteiger partial charge on any atom is -0.481 e. The number of hydrogen-bond donors (Lipinski definition) is 1. The molecular weight excluding hydrogens is 168 g/mol. The van der Waals surface area contributed by atoms with Gasteiger partial charge in [-0.05, 0) is 37.0 Å². The van der Waals surface area contributed by atoms with Gasteiger partial charge in [0.2, 0.25) is 0 Å². The maximum Gasteiger partial charge on any atom is 0.314 e. The third-order valence-corrected chi connectivity index (χ3v) is 3.69. The SMILES string of the molecule is O=CC(C(=O)O)C1CC2CCC1C2. The number of carboxylic acids is 1. The molecular formula is C10H14O3. The van der Waals surface area contributed by atoms with Crippen LogP contribution in [-0.4, -0.2) is 17.4 Å². The highest BCUT2D eigenvalue weighted by Crippen LogP contribution is 2.50. The normalized spacial score (nSPS) is 38.9. The lowest BCUT2D eigenvalue weighted by Gasteiger charge is -2.23. The largest absolute Gasteiger partial charge is 0.481 e. The summed E-state index contributed by atoms with van der Waals surface area (Å²) in [4.78, 5) is 21.4. The number of aldehydes is 1. The number of aliphatic carboxylic acids is 1. The molecule has 0 aromatic heterocycles. The van der Waals surface area contributed by atoms with E-state index in [1.807, 2.05) is 0 Å². The van der Waals surface area contributed by atoms with Crippen molar-refractivity contribution in [3.05, 3.63) is 0 Å². The Morgan fingerprint density at radius 2 is 2.15 bits per heavy atom. The van der Waals surface area contributed by atoms with Crippen LogP contribution in [0.3, 0.4) is 0 Å². The number of carbonyl (C=O) groups excluding carboxylic acids is 1. The smallest absolute Gasteiger partial charge is 0.314 e. The lowest BCUT2D eigenvalue weighted by atomic mass is 9.80. The fraction of sp³-hybridized carbons (Fsp3) is 0.800. The molecule has 13 heavy (non-hydrogen) atoms. The second kappa shape index (κ2) is 3.13. The van der Waals surface area contributed by atoms with Crippen LogP contribution in [0.4, 0.5) is 0 Å². The molecule has 0 aromatic rings. The topological polar surface area (TPSA) is 54.4 Å². The average Bonchev–Trinajstić information content (AvgIpc) is 2.65. The Morgan fingerprint density at radius 1 is 1.38 bits per heavy atom. The van der Waals surface area contributed by atoms with Crippen molar-refractivity contribution in [1.29, 1.82) is 0 Å². The Balaban J connectivity index is 2.08. The van der Waals surface area contributed by atoms with Gasteiger partial charge in [0.1, 0.15) is 12.2 Å². The van der Waals surface area contributed by atoms with Crippen molar-refractivity contribution < 1.29 is 14.7 Å². The van der Waals surface area contributed by atoms with E-state index in [-0.39, 0.29) is 5.92 Å². The summed E-state index contributed by atoms with van der Waals surface area (Å²) in [6.45, 7) is 0. The van der Waals surface area contributed by atoms with Crippen LogP contribution in [-0.2, 0) is 9.59 Å². The van der Waals surface area contributed by atoms with Gasteiger partial charge in [-0.1, -0.05) is 6.42 Å². The van der Waals surface area contributed by atoms with Crippen molar-refractivity contribution in [3.63, 3.8) is 0 Å². The number of hydrogen-bond acceptors (Lipinski definition) is 2. The van der Waals surface area contributed by atoms with Gasteiger partial charge in [-0.15, -0.1) is 0 Å². The lowest BCUT2D eigenvalue weighted by Crippen LogP contribution is -2.28. The van der Waals surface area contributed by atoms with Gasteiger partial charge in [0.05, 0.1) is 0 Å². The van der Waals surface area contributed by atoms with Gasteiger partial charge in [0.15, 0.2) is 0 Å². The third kappa shape index (κ3) is 1.36. The molecule has 2 aliphatic carbocycles. The van der Waals surface area contributed by atoms with Crippen LogP contribution in [0.15, 0.2) is 0 Å². The van der Waals surface area contributed by atoms with E-state index in [2.05, 4.69) is 0 Å². The second-order valence-electron chi connectivity index (χ2n) is 4.34. The standard InChI is InChI=1S/C10H14O3/c11-5-9(10(12)13)8-4-6-1-2-7(8)3-6/h5-9H,1-4H2,(H,12,13). The van der Waals surface area contributed by atoms with Gasteiger partial charge in [0, 0.05) is 0 Å². The van der Waals surface area contributed by atoms with E-state index in [1.165, 1.54) is 6.42 Å². The van der Waals surface area contributed by atoms with Crippen molar-refractivity contribution in [2.45, 2.75) is 25.7 Å². The first-order valence-corrected chi connectivity index (χ1v) is 4.90. The molecule has 0 heterocycles. The van der Waals surface area contributed by atoms with E-state index < -0.39 is 11.9 Å². The predicted octanol–water partition coefficient (Wildman–Crippen LogP) is 1.32. The molecule has 0 spiro atoms. The van der Waals surface area contributed by atoms with Gasteiger partial charge in [-0.2, -0.15) is 0 Å². The highest BCUT2D eigenvalue weighted by Gasteiger charge is 2.45. The first-order valence-electron chi connectivity index (χ1n) is 4.90. The van der Waals surface area contributed by atoms with Crippen LogP contribution in [0.25, 0.3) is 0 Å². The third-order valence-electron chi connectivity index (χ3n) is 3.69. The molecule has 3 nitrogen and oxygen atoms in total. The highest BCUT2D eigenvalue weighted by atomic mass is 16.4. The zero-order chi connectivity index (χ0) is 9.42. The van der Waals surface area contributed by atoms with Crippen LogP contribution >= 0.6 is 0 Å². The fourth-order valence-electron chi connectivity index (χ4n) is 3.08. The molecule has 0 saturated heterocycles. The Hall–Kier alpha value is -0.860. The van der Waals surface area contributed by atoms with Gasteiger partial charge < -0.3 is 9.90 Å². The molecule has 0 aromatic carbocycles. The summed E-state index contributed by atoms with van der Waals surface area (Å²) in [6.07, 6.45) is 5.11. The van der Waals surface area contributed by atoms with Crippen molar-refractivity contribution in [2.75, 3.05) is 0 Å². The molecule has 2 saturated carbocycles. The molecule has 4 atom stereocenters. The monoisotopic (exact) mass is 182 g/mol. The van der Waals surface area contributed by atoms with Gasteiger partial charge in [0.25, 0.3) is 0 Å². The maximum absolute atomic E-state index is 10.8. The molecule has 2 fully saturated rings. The van der Waals surface area contributed by atoms with Gasteiger partial charge in [-0.3, -0.25) is 4.79 Å². The van der Waals surface area contributed by atoms with E-state index >= 15 is 0 Å². The van der Waals surface area contributed by atoms with E-state index in [0.29, 0.717) is 18.1 Å². The summed E-state index contributed by atoms with van der Waals surface area (Å²) < 4.78 is 0. The predicted molar refractivity (Wildman–Crippen MR) is 46.1 cm³/mol. The van der Waals surface area contributed by atoms with Crippen molar-refractivity contribution in [3.8, 4) is 0 Å². The maximum atomic E-state index is 10.8. The number of rotatable bonds is 3.